The molecule has 0 aliphatic rings. The van der Waals surface area contributed by atoms with Crippen LogP contribution in [-0.2, 0) is 6.18 Å². The summed E-state index contributed by atoms with van der Waals surface area (Å²) in [5.74, 6) is 0.0321. The van der Waals surface area contributed by atoms with Crippen molar-refractivity contribution in [2.75, 3.05) is 5.73 Å². The molecule has 0 saturated heterocycles. The topological polar surface area (TPSA) is 69.6 Å². The van der Waals surface area contributed by atoms with E-state index in [9.17, 15) is 13.2 Å². The fourth-order valence-corrected chi connectivity index (χ4v) is 1.12. The number of halogens is 3. The summed E-state index contributed by atoms with van der Waals surface area (Å²) in [4.78, 5) is 7.50. The second-order valence-electron chi connectivity index (χ2n) is 2.92. The highest BCUT2D eigenvalue weighted by Crippen LogP contribution is 2.32. The fourth-order valence-electron chi connectivity index (χ4n) is 1.12. The van der Waals surface area contributed by atoms with Gasteiger partial charge in [0.1, 0.15) is 0 Å². The van der Waals surface area contributed by atoms with E-state index in [0.717, 1.165) is 10.9 Å². The van der Waals surface area contributed by atoms with Gasteiger partial charge < -0.3 is 5.73 Å². The molecule has 2 heterocycles. The molecule has 0 atom stereocenters. The van der Waals surface area contributed by atoms with E-state index in [4.69, 9.17) is 5.73 Å². The van der Waals surface area contributed by atoms with Gasteiger partial charge in [0.2, 0.25) is 0 Å². The van der Waals surface area contributed by atoms with Gasteiger partial charge in [-0.1, -0.05) is 0 Å². The van der Waals surface area contributed by atoms with Gasteiger partial charge in [0.25, 0.3) is 5.95 Å². The summed E-state index contributed by atoms with van der Waals surface area (Å²) in [5, 5.41) is 3.29. The molecular weight excluding hydrogens is 223 g/mol. The van der Waals surface area contributed by atoms with Gasteiger partial charge in [-0.3, -0.25) is 0 Å². The number of aromatic nitrogens is 4. The van der Waals surface area contributed by atoms with Gasteiger partial charge in [0.05, 0.1) is 11.9 Å². The molecule has 2 aromatic heterocycles. The standard InChI is InChI=1S/C8H6F3N5/c9-8(10,11)6-5(12)4-16(15-6)7-13-2-1-3-14-7/h1-4H,12H2. The second kappa shape index (κ2) is 3.47. The lowest BCUT2D eigenvalue weighted by Crippen LogP contribution is -2.10. The van der Waals surface area contributed by atoms with E-state index in [-0.39, 0.29) is 5.95 Å². The molecule has 0 fully saturated rings. The van der Waals surface area contributed by atoms with Gasteiger partial charge in [-0.15, -0.1) is 0 Å². The van der Waals surface area contributed by atoms with E-state index < -0.39 is 17.6 Å². The van der Waals surface area contributed by atoms with Crippen LogP contribution in [0.1, 0.15) is 5.69 Å². The minimum absolute atomic E-state index is 0.0321. The number of hydrogen-bond acceptors (Lipinski definition) is 4. The number of nitrogen functional groups attached to an aromatic ring is 1. The van der Waals surface area contributed by atoms with E-state index in [1.165, 1.54) is 12.4 Å². The summed E-state index contributed by atoms with van der Waals surface area (Å²) in [6, 6.07) is 1.54. The molecule has 0 radical (unpaired) electrons. The second-order valence-corrected chi connectivity index (χ2v) is 2.92. The number of hydrogen-bond donors (Lipinski definition) is 1. The number of nitrogens with zero attached hydrogens (tertiary/aromatic N) is 4. The number of anilines is 1. The Morgan fingerprint density at radius 2 is 1.81 bits per heavy atom. The van der Waals surface area contributed by atoms with Gasteiger partial charge in [-0.2, -0.15) is 18.3 Å². The van der Waals surface area contributed by atoms with E-state index >= 15 is 0 Å². The van der Waals surface area contributed by atoms with Crippen LogP contribution in [0.2, 0.25) is 0 Å². The van der Waals surface area contributed by atoms with Gasteiger partial charge in [-0.25, -0.2) is 14.6 Å². The Bertz CT molecular complexity index is 490. The summed E-state index contributed by atoms with van der Waals surface area (Å²) in [6.45, 7) is 0. The third kappa shape index (κ3) is 1.81. The van der Waals surface area contributed by atoms with Crippen LogP contribution in [0.25, 0.3) is 5.95 Å². The quantitative estimate of drug-likeness (QED) is 0.799. The summed E-state index contributed by atoms with van der Waals surface area (Å²) < 4.78 is 38.0. The molecule has 2 aromatic rings. The zero-order valence-corrected chi connectivity index (χ0v) is 7.81. The van der Waals surface area contributed by atoms with Crippen LogP contribution in [0, 0.1) is 0 Å². The molecule has 84 valence electrons. The van der Waals surface area contributed by atoms with Crippen LogP contribution in [-0.4, -0.2) is 19.7 Å². The molecule has 0 amide bonds. The molecule has 16 heavy (non-hydrogen) atoms. The molecular formula is C8H6F3N5. The molecule has 5 nitrogen and oxygen atoms in total. The highest BCUT2D eigenvalue weighted by Gasteiger charge is 2.36. The predicted molar refractivity (Wildman–Crippen MR) is 48.6 cm³/mol. The van der Waals surface area contributed by atoms with Crippen molar-refractivity contribution in [2.24, 2.45) is 0 Å². The summed E-state index contributed by atoms with van der Waals surface area (Å²) in [7, 11) is 0. The van der Waals surface area contributed by atoms with Crippen molar-refractivity contribution in [3.63, 3.8) is 0 Å². The molecule has 8 heteroatoms. The molecule has 0 saturated carbocycles. The average molecular weight is 229 g/mol. The fraction of sp³-hybridized carbons (Fsp3) is 0.125. The Morgan fingerprint density at radius 3 is 2.31 bits per heavy atom. The lowest BCUT2D eigenvalue weighted by atomic mass is 10.4. The normalized spacial score (nSPS) is 11.7. The van der Waals surface area contributed by atoms with Crippen LogP contribution < -0.4 is 5.73 Å². The Balaban J connectivity index is 2.47. The van der Waals surface area contributed by atoms with Gasteiger partial charge in [0, 0.05) is 12.4 Å². The first-order chi connectivity index (χ1) is 7.48. The lowest BCUT2D eigenvalue weighted by Gasteiger charge is -2.01. The Labute approximate surface area is 87.7 Å². The summed E-state index contributed by atoms with van der Waals surface area (Å²) in [6.07, 6.45) is -0.761. The van der Waals surface area contributed by atoms with Crippen molar-refractivity contribution >= 4 is 5.69 Å². The first kappa shape index (κ1) is 10.4. The Kier molecular flexibility index (Phi) is 2.26. The van der Waals surface area contributed by atoms with Gasteiger partial charge in [-0.05, 0) is 6.07 Å². The molecule has 0 bridgehead atoms. The molecule has 0 aromatic carbocycles. The monoisotopic (exact) mass is 229 g/mol. The zero-order valence-electron chi connectivity index (χ0n) is 7.81. The number of nitrogens with two attached hydrogens (primary N) is 1. The van der Waals surface area contributed by atoms with Crippen LogP contribution in [0.3, 0.4) is 0 Å². The van der Waals surface area contributed by atoms with Gasteiger partial charge >= 0.3 is 6.18 Å². The Morgan fingerprint density at radius 1 is 1.19 bits per heavy atom. The van der Waals surface area contributed by atoms with Gasteiger partial charge in [0.15, 0.2) is 5.69 Å². The molecule has 2 N–H and O–H groups in total. The van der Waals surface area contributed by atoms with Crippen LogP contribution in [0.4, 0.5) is 18.9 Å². The first-order valence-corrected chi connectivity index (χ1v) is 4.18. The summed E-state index contributed by atoms with van der Waals surface area (Å²) >= 11 is 0. The smallest absolute Gasteiger partial charge is 0.396 e. The Hall–Kier alpha value is -2.12. The molecule has 2 rings (SSSR count). The average Bonchev–Trinajstić information content (AvgIpc) is 2.61. The van der Waals surface area contributed by atoms with Crippen molar-refractivity contribution in [1.29, 1.82) is 0 Å². The minimum atomic E-state index is -4.58. The third-order valence-electron chi connectivity index (χ3n) is 1.77. The van der Waals surface area contributed by atoms with E-state index in [1.807, 2.05) is 0 Å². The van der Waals surface area contributed by atoms with E-state index in [0.29, 0.717) is 0 Å². The largest absolute Gasteiger partial charge is 0.437 e. The van der Waals surface area contributed by atoms with Crippen molar-refractivity contribution in [3.8, 4) is 5.95 Å². The van der Waals surface area contributed by atoms with Crippen molar-refractivity contribution < 1.29 is 13.2 Å². The highest BCUT2D eigenvalue weighted by atomic mass is 19.4. The van der Waals surface area contributed by atoms with Crippen molar-refractivity contribution in [3.05, 3.63) is 30.4 Å². The van der Waals surface area contributed by atoms with Crippen molar-refractivity contribution in [2.45, 2.75) is 6.18 Å². The minimum Gasteiger partial charge on any atom is -0.396 e. The zero-order chi connectivity index (χ0) is 11.8. The summed E-state index contributed by atoms with van der Waals surface area (Å²) in [5.41, 5.74) is 3.61. The predicted octanol–water partition coefficient (Wildman–Crippen LogP) is 1.26. The lowest BCUT2D eigenvalue weighted by molar-refractivity contribution is -0.140. The third-order valence-corrected chi connectivity index (χ3v) is 1.77. The maximum absolute atomic E-state index is 12.4. The number of alkyl halides is 3. The first-order valence-electron chi connectivity index (χ1n) is 4.18. The van der Waals surface area contributed by atoms with Crippen LogP contribution >= 0.6 is 0 Å². The molecule has 0 unspecified atom stereocenters. The SMILES string of the molecule is Nc1cn(-c2ncccn2)nc1C(F)(F)F. The molecule has 0 aliphatic heterocycles. The maximum Gasteiger partial charge on any atom is 0.437 e. The molecule has 0 aliphatic carbocycles. The highest BCUT2D eigenvalue weighted by molar-refractivity contribution is 5.43. The van der Waals surface area contributed by atoms with Crippen LogP contribution in [0.15, 0.2) is 24.7 Å². The van der Waals surface area contributed by atoms with Crippen molar-refractivity contribution in [1.82, 2.24) is 19.7 Å². The number of rotatable bonds is 1. The molecule has 0 spiro atoms. The maximum atomic E-state index is 12.4. The van der Waals surface area contributed by atoms with E-state index in [1.54, 1.807) is 6.07 Å². The van der Waals surface area contributed by atoms with Crippen LogP contribution in [0.5, 0.6) is 0 Å². The van der Waals surface area contributed by atoms with E-state index in [2.05, 4.69) is 15.1 Å².